The Morgan fingerprint density at radius 2 is 2.25 bits per heavy atom. The number of carboxylic acids is 1. The van der Waals surface area contributed by atoms with Crippen molar-refractivity contribution in [2.45, 2.75) is 39.5 Å². The molecule has 1 aromatic heterocycles. The molecular formula is C14H23N3O3. The molecule has 20 heavy (non-hydrogen) atoms. The van der Waals surface area contributed by atoms with Gasteiger partial charge in [-0.15, -0.1) is 0 Å². The highest BCUT2D eigenvalue weighted by Gasteiger charge is 2.06. The van der Waals surface area contributed by atoms with E-state index in [1.165, 1.54) is 0 Å². The first-order chi connectivity index (χ1) is 9.61. The van der Waals surface area contributed by atoms with Gasteiger partial charge in [-0.3, -0.25) is 9.78 Å². The average molecular weight is 281 g/mol. The molecule has 0 radical (unpaired) electrons. The average Bonchev–Trinajstić information content (AvgIpc) is 2.43. The van der Waals surface area contributed by atoms with Gasteiger partial charge in [0.25, 0.3) is 0 Å². The Balaban J connectivity index is 2.28. The number of hydrogen-bond acceptors (Lipinski definition) is 5. The lowest BCUT2D eigenvalue weighted by Crippen LogP contribution is -2.10. The van der Waals surface area contributed by atoms with E-state index in [2.05, 4.69) is 22.2 Å². The van der Waals surface area contributed by atoms with Crippen molar-refractivity contribution in [2.75, 3.05) is 18.5 Å². The second-order valence-corrected chi connectivity index (χ2v) is 4.84. The van der Waals surface area contributed by atoms with Gasteiger partial charge in [0.1, 0.15) is 5.82 Å². The molecule has 6 nitrogen and oxygen atoms in total. The van der Waals surface area contributed by atoms with Crippen LogP contribution in [0.15, 0.2) is 12.4 Å². The third kappa shape index (κ3) is 6.92. The summed E-state index contributed by atoms with van der Waals surface area (Å²) in [5.41, 5.74) is 0. The fourth-order valence-electron chi connectivity index (χ4n) is 1.67. The van der Waals surface area contributed by atoms with E-state index in [9.17, 15) is 4.79 Å². The van der Waals surface area contributed by atoms with Crippen molar-refractivity contribution >= 4 is 11.8 Å². The zero-order chi connectivity index (χ0) is 14.8. The fourth-order valence-corrected chi connectivity index (χ4v) is 1.67. The monoisotopic (exact) mass is 281 g/mol. The molecule has 6 heteroatoms. The Morgan fingerprint density at radius 1 is 1.45 bits per heavy atom. The zero-order valence-corrected chi connectivity index (χ0v) is 12.1. The van der Waals surface area contributed by atoms with Crippen LogP contribution in [0.2, 0.25) is 0 Å². The van der Waals surface area contributed by atoms with E-state index in [1.807, 2.05) is 6.92 Å². The lowest BCUT2D eigenvalue weighted by Gasteiger charge is -2.11. The van der Waals surface area contributed by atoms with Crippen LogP contribution in [0.4, 0.5) is 5.82 Å². The first kappa shape index (κ1) is 16.2. The summed E-state index contributed by atoms with van der Waals surface area (Å²) in [6.45, 7) is 5.46. The third-order valence-electron chi connectivity index (χ3n) is 2.86. The molecule has 1 rings (SSSR count). The number of ether oxygens (including phenoxy) is 1. The first-order valence-corrected chi connectivity index (χ1v) is 7.02. The van der Waals surface area contributed by atoms with Crippen molar-refractivity contribution in [1.29, 1.82) is 0 Å². The maximum absolute atomic E-state index is 10.5. The molecule has 0 spiro atoms. The largest absolute Gasteiger partial charge is 0.481 e. The number of nitrogens with one attached hydrogen (secondary N) is 1. The minimum Gasteiger partial charge on any atom is -0.481 e. The molecule has 0 aliphatic rings. The number of aliphatic carboxylic acids is 1. The Labute approximate surface area is 119 Å². The van der Waals surface area contributed by atoms with Gasteiger partial charge in [-0.25, -0.2) is 0 Å². The van der Waals surface area contributed by atoms with E-state index < -0.39 is 5.97 Å². The van der Waals surface area contributed by atoms with Crippen molar-refractivity contribution in [1.82, 2.24) is 9.97 Å². The Hall–Kier alpha value is -1.85. The normalized spacial score (nSPS) is 11.9. The molecule has 0 aromatic carbocycles. The van der Waals surface area contributed by atoms with Crippen molar-refractivity contribution in [3.63, 3.8) is 0 Å². The van der Waals surface area contributed by atoms with Crippen molar-refractivity contribution < 1.29 is 14.6 Å². The van der Waals surface area contributed by atoms with E-state index in [0.717, 1.165) is 19.4 Å². The summed E-state index contributed by atoms with van der Waals surface area (Å²) in [7, 11) is 0. The van der Waals surface area contributed by atoms with E-state index in [1.54, 1.807) is 12.4 Å². The van der Waals surface area contributed by atoms with Gasteiger partial charge in [0.15, 0.2) is 0 Å². The lowest BCUT2D eigenvalue weighted by atomic mass is 10.0. The van der Waals surface area contributed by atoms with Crippen LogP contribution in [0, 0.1) is 5.92 Å². The van der Waals surface area contributed by atoms with Gasteiger partial charge >= 0.3 is 5.97 Å². The van der Waals surface area contributed by atoms with Crippen LogP contribution in [0.3, 0.4) is 0 Å². The molecule has 0 amide bonds. The highest BCUT2D eigenvalue weighted by atomic mass is 16.5. The van der Waals surface area contributed by atoms with Crippen LogP contribution in [-0.2, 0) is 4.79 Å². The predicted molar refractivity (Wildman–Crippen MR) is 77.0 cm³/mol. The molecule has 1 atom stereocenters. The van der Waals surface area contributed by atoms with Gasteiger partial charge in [0.2, 0.25) is 5.88 Å². The van der Waals surface area contributed by atoms with Gasteiger partial charge in [0, 0.05) is 13.0 Å². The summed E-state index contributed by atoms with van der Waals surface area (Å²) in [5, 5.41) is 11.8. The maximum Gasteiger partial charge on any atom is 0.303 e. The first-order valence-electron chi connectivity index (χ1n) is 7.02. The Bertz CT molecular complexity index is 412. The van der Waals surface area contributed by atoms with Gasteiger partial charge < -0.3 is 15.2 Å². The number of hydrogen-bond donors (Lipinski definition) is 2. The quantitative estimate of drug-likeness (QED) is 0.685. The second kappa shape index (κ2) is 9.12. The van der Waals surface area contributed by atoms with Crippen LogP contribution >= 0.6 is 0 Å². The SMILES string of the molecule is CCCOc1cncc(NCCC(C)CCC(=O)O)n1. The molecule has 0 aliphatic heterocycles. The van der Waals surface area contributed by atoms with Crippen molar-refractivity contribution in [2.24, 2.45) is 5.92 Å². The van der Waals surface area contributed by atoms with Crippen molar-refractivity contribution in [3.8, 4) is 5.88 Å². The van der Waals surface area contributed by atoms with E-state index in [0.29, 0.717) is 30.6 Å². The number of nitrogens with zero attached hydrogens (tertiary/aromatic N) is 2. The molecule has 0 aliphatic carbocycles. The number of rotatable bonds is 10. The summed E-state index contributed by atoms with van der Waals surface area (Å²) < 4.78 is 5.41. The minimum atomic E-state index is -0.739. The Morgan fingerprint density at radius 3 is 2.95 bits per heavy atom. The van der Waals surface area contributed by atoms with Gasteiger partial charge in [0.05, 0.1) is 19.0 Å². The van der Waals surface area contributed by atoms with Crippen molar-refractivity contribution in [3.05, 3.63) is 12.4 Å². The summed E-state index contributed by atoms with van der Waals surface area (Å²) >= 11 is 0. The van der Waals surface area contributed by atoms with E-state index in [-0.39, 0.29) is 6.42 Å². The maximum atomic E-state index is 10.5. The van der Waals surface area contributed by atoms with E-state index >= 15 is 0 Å². The molecular weight excluding hydrogens is 258 g/mol. The summed E-state index contributed by atoms with van der Waals surface area (Å²) in [6, 6.07) is 0. The number of aromatic nitrogens is 2. The highest BCUT2D eigenvalue weighted by molar-refractivity contribution is 5.66. The molecule has 2 N–H and O–H groups in total. The minimum absolute atomic E-state index is 0.224. The predicted octanol–water partition coefficient (Wildman–Crippen LogP) is 2.57. The summed E-state index contributed by atoms with van der Waals surface area (Å²) in [5.74, 6) is 0.836. The highest BCUT2D eigenvalue weighted by Crippen LogP contribution is 2.12. The summed E-state index contributed by atoms with van der Waals surface area (Å²) in [4.78, 5) is 18.8. The molecule has 0 bridgehead atoms. The topological polar surface area (TPSA) is 84.3 Å². The molecule has 0 fully saturated rings. The molecule has 0 saturated carbocycles. The van der Waals surface area contributed by atoms with Crippen LogP contribution < -0.4 is 10.1 Å². The van der Waals surface area contributed by atoms with E-state index in [4.69, 9.17) is 9.84 Å². The van der Waals surface area contributed by atoms with Gasteiger partial charge in [-0.1, -0.05) is 13.8 Å². The standard InChI is InChI=1S/C14H23N3O3/c1-3-8-20-13-10-15-9-12(17-13)16-7-6-11(2)4-5-14(18)19/h9-11H,3-8H2,1-2H3,(H,16,17)(H,18,19). The third-order valence-corrected chi connectivity index (χ3v) is 2.86. The molecule has 0 saturated heterocycles. The lowest BCUT2D eigenvalue weighted by molar-refractivity contribution is -0.137. The molecule has 112 valence electrons. The van der Waals surface area contributed by atoms with Crippen LogP contribution in [0.5, 0.6) is 5.88 Å². The number of anilines is 1. The molecule has 1 heterocycles. The summed E-state index contributed by atoms with van der Waals surface area (Å²) in [6.07, 6.45) is 6.00. The molecule has 1 unspecified atom stereocenters. The Kier molecular flexibility index (Phi) is 7.39. The number of carboxylic acid groups (broad SMARTS) is 1. The van der Waals surface area contributed by atoms with Crippen LogP contribution in [0.25, 0.3) is 0 Å². The fraction of sp³-hybridized carbons (Fsp3) is 0.643. The number of carbonyl (C=O) groups is 1. The smallest absolute Gasteiger partial charge is 0.303 e. The van der Waals surface area contributed by atoms with Crippen LogP contribution in [0.1, 0.15) is 39.5 Å². The second-order valence-electron chi connectivity index (χ2n) is 4.84. The van der Waals surface area contributed by atoms with Gasteiger partial charge in [-0.2, -0.15) is 4.98 Å². The van der Waals surface area contributed by atoms with Crippen LogP contribution in [-0.4, -0.2) is 34.2 Å². The molecule has 1 aromatic rings. The van der Waals surface area contributed by atoms with Gasteiger partial charge in [-0.05, 0) is 25.2 Å². The zero-order valence-electron chi connectivity index (χ0n) is 12.1.